The van der Waals surface area contributed by atoms with Gasteiger partial charge in [0.15, 0.2) is 0 Å². The number of aromatic nitrogens is 1. The van der Waals surface area contributed by atoms with Crippen molar-refractivity contribution in [1.82, 2.24) is 10.3 Å². The molecule has 1 unspecified atom stereocenters. The van der Waals surface area contributed by atoms with Crippen molar-refractivity contribution in [3.05, 3.63) is 59.9 Å². The molecule has 1 aromatic carbocycles. The number of nitrogens with one attached hydrogen (secondary N) is 1. The van der Waals surface area contributed by atoms with Gasteiger partial charge >= 0.3 is 6.61 Å². The summed E-state index contributed by atoms with van der Waals surface area (Å²) in [5.41, 5.74) is 1.34. The summed E-state index contributed by atoms with van der Waals surface area (Å²) in [4.78, 5) is 15.8. The second-order valence-corrected chi connectivity index (χ2v) is 5.13. The van der Waals surface area contributed by atoms with E-state index < -0.39 is 12.7 Å². The number of carbonyl (C=O) groups excluding carboxylic acids is 1. The molecule has 0 fully saturated rings. The molecule has 1 heterocycles. The fraction of sp³-hybridized carbons (Fsp3) is 0.294. The maximum Gasteiger partial charge on any atom is 0.387 e. The third-order valence-electron chi connectivity index (χ3n) is 3.32. The Labute approximate surface area is 138 Å². The highest BCUT2D eigenvalue weighted by Gasteiger charge is 2.12. The number of aryl methyl sites for hydroxylation is 1. The Morgan fingerprint density at radius 3 is 2.83 bits per heavy atom. The standard InChI is InChI=1S/C17H18F2N2O3/c18-17(19)24-14-5-1-4-13(9-14)15(22)11-21-16(23)7-6-12-3-2-8-20-10-12/h1-5,8-10,15,17,22H,6-7,11H2,(H,21,23). The van der Waals surface area contributed by atoms with Gasteiger partial charge in [-0.05, 0) is 35.7 Å². The third kappa shape index (κ3) is 5.92. The number of nitrogens with zero attached hydrogens (tertiary/aromatic N) is 1. The Balaban J connectivity index is 1.79. The molecule has 24 heavy (non-hydrogen) atoms. The first kappa shape index (κ1) is 17.8. The molecular weight excluding hydrogens is 318 g/mol. The summed E-state index contributed by atoms with van der Waals surface area (Å²) in [6, 6.07) is 9.44. The van der Waals surface area contributed by atoms with Crippen molar-refractivity contribution >= 4 is 5.91 Å². The third-order valence-corrected chi connectivity index (χ3v) is 3.32. The number of carbonyl (C=O) groups is 1. The molecule has 0 aliphatic rings. The number of hydrogen-bond acceptors (Lipinski definition) is 4. The molecule has 2 N–H and O–H groups in total. The Bertz CT molecular complexity index is 653. The average molecular weight is 336 g/mol. The van der Waals surface area contributed by atoms with E-state index in [9.17, 15) is 18.7 Å². The molecule has 5 nitrogen and oxygen atoms in total. The van der Waals surface area contributed by atoms with Gasteiger partial charge < -0.3 is 15.2 Å². The first-order chi connectivity index (χ1) is 11.5. The monoisotopic (exact) mass is 336 g/mol. The predicted molar refractivity (Wildman–Crippen MR) is 83.6 cm³/mol. The number of halogens is 2. The normalized spacial score (nSPS) is 12.0. The lowest BCUT2D eigenvalue weighted by Gasteiger charge is -2.13. The van der Waals surface area contributed by atoms with Crippen LogP contribution in [0.5, 0.6) is 5.75 Å². The van der Waals surface area contributed by atoms with E-state index in [-0.39, 0.29) is 24.6 Å². The van der Waals surface area contributed by atoms with Crippen LogP contribution in [0.2, 0.25) is 0 Å². The van der Waals surface area contributed by atoms with Crippen molar-refractivity contribution in [2.24, 2.45) is 0 Å². The molecule has 0 radical (unpaired) electrons. The van der Waals surface area contributed by atoms with Crippen LogP contribution in [0.1, 0.15) is 23.7 Å². The van der Waals surface area contributed by atoms with E-state index in [2.05, 4.69) is 15.0 Å². The largest absolute Gasteiger partial charge is 0.435 e. The lowest BCUT2D eigenvalue weighted by Crippen LogP contribution is -2.28. The fourth-order valence-corrected chi connectivity index (χ4v) is 2.12. The minimum Gasteiger partial charge on any atom is -0.435 e. The number of hydrogen-bond donors (Lipinski definition) is 2. The van der Waals surface area contributed by atoms with Crippen LogP contribution in [-0.2, 0) is 11.2 Å². The molecule has 128 valence electrons. The van der Waals surface area contributed by atoms with Crippen LogP contribution in [-0.4, -0.2) is 29.2 Å². The summed E-state index contributed by atoms with van der Waals surface area (Å²) >= 11 is 0. The van der Waals surface area contributed by atoms with E-state index in [4.69, 9.17) is 0 Å². The SMILES string of the molecule is O=C(CCc1cccnc1)NCC(O)c1cccc(OC(F)F)c1. The molecule has 0 bridgehead atoms. The fourth-order valence-electron chi connectivity index (χ4n) is 2.12. The summed E-state index contributed by atoms with van der Waals surface area (Å²) in [5, 5.41) is 12.7. The van der Waals surface area contributed by atoms with E-state index in [0.717, 1.165) is 5.56 Å². The zero-order valence-electron chi connectivity index (χ0n) is 12.9. The minimum absolute atomic E-state index is 0.00992. The van der Waals surface area contributed by atoms with Gasteiger partial charge in [0.05, 0.1) is 6.10 Å². The van der Waals surface area contributed by atoms with Gasteiger partial charge in [0.2, 0.25) is 5.91 Å². The summed E-state index contributed by atoms with van der Waals surface area (Å²) in [5.74, 6) is -0.248. The molecule has 7 heteroatoms. The Kier molecular flexibility index (Phi) is 6.62. The maximum absolute atomic E-state index is 12.2. The summed E-state index contributed by atoms with van der Waals surface area (Å²) in [7, 11) is 0. The summed E-state index contributed by atoms with van der Waals surface area (Å²) < 4.78 is 28.7. The van der Waals surface area contributed by atoms with Gasteiger partial charge in [0.1, 0.15) is 5.75 Å². The zero-order valence-corrected chi connectivity index (χ0v) is 12.9. The lowest BCUT2D eigenvalue weighted by atomic mass is 10.1. The van der Waals surface area contributed by atoms with Crippen LogP contribution in [0.3, 0.4) is 0 Å². The van der Waals surface area contributed by atoms with Crippen LogP contribution in [0.4, 0.5) is 8.78 Å². The zero-order chi connectivity index (χ0) is 17.4. The number of ether oxygens (including phenoxy) is 1. The number of aliphatic hydroxyl groups excluding tert-OH is 1. The second kappa shape index (κ2) is 8.93. The van der Waals surface area contributed by atoms with E-state index in [0.29, 0.717) is 12.0 Å². The Morgan fingerprint density at radius 1 is 1.29 bits per heavy atom. The first-order valence-electron chi connectivity index (χ1n) is 7.43. The number of pyridine rings is 1. The highest BCUT2D eigenvalue weighted by molar-refractivity contribution is 5.76. The number of aliphatic hydroxyl groups is 1. The average Bonchev–Trinajstić information content (AvgIpc) is 2.58. The Morgan fingerprint density at radius 2 is 2.12 bits per heavy atom. The Hall–Kier alpha value is -2.54. The molecule has 0 spiro atoms. The molecule has 2 rings (SSSR count). The van der Waals surface area contributed by atoms with E-state index in [1.54, 1.807) is 24.5 Å². The molecule has 0 saturated carbocycles. The van der Waals surface area contributed by atoms with Gasteiger partial charge in [-0.1, -0.05) is 18.2 Å². The number of benzene rings is 1. The predicted octanol–water partition coefficient (Wildman–Crippen LogP) is 2.47. The van der Waals surface area contributed by atoms with Gasteiger partial charge in [0, 0.05) is 25.4 Å². The van der Waals surface area contributed by atoms with Crippen molar-refractivity contribution in [2.45, 2.75) is 25.6 Å². The van der Waals surface area contributed by atoms with Crippen molar-refractivity contribution in [3.63, 3.8) is 0 Å². The number of rotatable bonds is 8. The van der Waals surface area contributed by atoms with Gasteiger partial charge in [0.25, 0.3) is 0 Å². The number of amides is 1. The topological polar surface area (TPSA) is 71.5 Å². The van der Waals surface area contributed by atoms with E-state index >= 15 is 0 Å². The molecule has 0 aliphatic heterocycles. The number of alkyl halides is 2. The van der Waals surface area contributed by atoms with Crippen molar-refractivity contribution in [1.29, 1.82) is 0 Å². The molecule has 1 atom stereocenters. The highest BCUT2D eigenvalue weighted by Crippen LogP contribution is 2.20. The first-order valence-corrected chi connectivity index (χ1v) is 7.43. The van der Waals surface area contributed by atoms with Crippen LogP contribution < -0.4 is 10.1 Å². The van der Waals surface area contributed by atoms with Crippen LogP contribution in [0.15, 0.2) is 48.8 Å². The molecular formula is C17H18F2N2O3. The smallest absolute Gasteiger partial charge is 0.387 e. The quantitative estimate of drug-likeness (QED) is 0.777. The van der Waals surface area contributed by atoms with Gasteiger partial charge in [-0.15, -0.1) is 0 Å². The molecule has 2 aromatic rings. The summed E-state index contributed by atoms with van der Waals surface area (Å²) in [6.45, 7) is -2.94. The van der Waals surface area contributed by atoms with Crippen LogP contribution in [0, 0.1) is 0 Å². The van der Waals surface area contributed by atoms with Gasteiger partial charge in [-0.25, -0.2) is 0 Å². The molecule has 0 aliphatic carbocycles. The lowest BCUT2D eigenvalue weighted by molar-refractivity contribution is -0.121. The minimum atomic E-state index is -2.93. The van der Waals surface area contributed by atoms with Crippen molar-refractivity contribution in [3.8, 4) is 5.75 Å². The van der Waals surface area contributed by atoms with Crippen LogP contribution in [0.25, 0.3) is 0 Å². The van der Waals surface area contributed by atoms with E-state index in [1.807, 2.05) is 6.07 Å². The van der Waals surface area contributed by atoms with E-state index in [1.165, 1.54) is 18.2 Å². The second-order valence-electron chi connectivity index (χ2n) is 5.13. The molecule has 1 aromatic heterocycles. The maximum atomic E-state index is 12.2. The highest BCUT2D eigenvalue weighted by atomic mass is 19.3. The molecule has 0 saturated heterocycles. The van der Waals surface area contributed by atoms with Crippen LogP contribution >= 0.6 is 0 Å². The van der Waals surface area contributed by atoms with Crippen molar-refractivity contribution in [2.75, 3.05) is 6.54 Å². The van der Waals surface area contributed by atoms with Gasteiger partial charge in [-0.3, -0.25) is 9.78 Å². The summed E-state index contributed by atoms with van der Waals surface area (Å²) in [6.07, 6.45) is 3.16. The van der Waals surface area contributed by atoms with Gasteiger partial charge in [-0.2, -0.15) is 8.78 Å². The molecule has 1 amide bonds. The van der Waals surface area contributed by atoms with Crippen molar-refractivity contribution < 1.29 is 23.4 Å².